The molecule has 172 valence electrons. The van der Waals surface area contributed by atoms with Crippen molar-refractivity contribution in [3.8, 4) is 5.75 Å². The topological polar surface area (TPSA) is 41.9 Å². The lowest BCUT2D eigenvalue weighted by Gasteiger charge is -2.29. The van der Waals surface area contributed by atoms with Crippen molar-refractivity contribution in [2.45, 2.75) is 38.0 Å². The highest BCUT2D eigenvalue weighted by molar-refractivity contribution is 5.49. The van der Waals surface area contributed by atoms with Crippen molar-refractivity contribution in [1.82, 2.24) is 0 Å². The molecule has 1 N–H and O–H groups in total. The Balaban J connectivity index is 2.31. The summed E-state index contributed by atoms with van der Waals surface area (Å²) in [5.74, 6) is -0.577. The third kappa shape index (κ3) is 7.28. The predicted molar refractivity (Wildman–Crippen MR) is 98.3 cm³/mol. The summed E-state index contributed by atoms with van der Waals surface area (Å²) in [5, 5.41) is 9.54. The number of hydrogen-bond acceptors (Lipinski definition) is 4. The first-order valence-corrected chi connectivity index (χ1v) is 8.94. The van der Waals surface area contributed by atoms with Crippen LogP contribution >= 0.6 is 0 Å². The summed E-state index contributed by atoms with van der Waals surface area (Å²) in [7, 11) is 1.44. The average molecular weight is 455 g/mol. The first kappa shape index (κ1) is 24.7. The van der Waals surface area contributed by atoms with E-state index >= 15 is 0 Å². The maximum Gasteiger partial charge on any atom is 0.461 e. The van der Waals surface area contributed by atoms with E-state index in [9.17, 15) is 35.8 Å². The van der Waals surface area contributed by atoms with E-state index in [0.717, 1.165) is 12.1 Å². The van der Waals surface area contributed by atoms with Crippen LogP contribution in [-0.2, 0) is 17.9 Å². The molecule has 2 aromatic rings. The standard InChI is InChI=1S/C20H20F7NO3/c1-30-12-14-5-2-6-15(8-14)28(11-17(29)19(23,24)25)10-13-4-3-7-16(9-13)31-20(26,27)18(21)22/h2-9,17-18,29H,10-12H2,1H3. The molecule has 0 radical (unpaired) electrons. The van der Waals surface area contributed by atoms with Crippen LogP contribution in [0, 0.1) is 0 Å². The van der Waals surface area contributed by atoms with Crippen molar-refractivity contribution in [2.75, 3.05) is 18.6 Å². The third-order valence-corrected chi connectivity index (χ3v) is 4.14. The van der Waals surface area contributed by atoms with Crippen molar-refractivity contribution in [2.24, 2.45) is 0 Å². The highest BCUT2D eigenvalue weighted by Gasteiger charge is 2.44. The van der Waals surface area contributed by atoms with Crippen molar-refractivity contribution in [1.29, 1.82) is 0 Å². The monoisotopic (exact) mass is 455 g/mol. The van der Waals surface area contributed by atoms with Gasteiger partial charge in [-0.15, -0.1) is 0 Å². The zero-order valence-electron chi connectivity index (χ0n) is 16.3. The summed E-state index contributed by atoms with van der Waals surface area (Å²) in [4.78, 5) is 1.18. The van der Waals surface area contributed by atoms with Crippen molar-refractivity contribution < 1.29 is 45.3 Å². The van der Waals surface area contributed by atoms with Crippen LogP contribution in [0.4, 0.5) is 36.4 Å². The fraction of sp³-hybridized carbons (Fsp3) is 0.400. The Labute approximate surface area is 173 Å². The van der Waals surface area contributed by atoms with Gasteiger partial charge in [0, 0.05) is 19.3 Å². The molecule has 0 spiro atoms. The first-order chi connectivity index (χ1) is 14.4. The Morgan fingerprint density at radius 1 is 0.968 bits per heavy atom. The van der Waals surface area contributed by atoms with E-state index in [4.69, 9.17) is 4.74 Å². The van der Waals surface area contributed by atoms with Crippen LogP contribution in [0.2, 0.25) is 0 Å². The average Bonchev–Trinajstić information content (AvgIpc) is 2.67. The molecule has 31 heavy (non-hydrogen) atoms. The molecular weight excluding hydrogens is 435 g/mol. The van der Waals surface area contributed by atoms with Crippen LogP contribution < -0.4 is 9.64 Å². The van der Waals surface area contributed by atoms with Gasteiger partial charge in [0.2, 0.25) is 0 Å². The van der Waals surface area contributed by atoms with E-state index in [1.807, 2.05) is 0 Å². The van der Waals surface area contributed by atoms with E-state index in [1.165, 1.54) is 30.2 Å². The van der Waals surface area contributed by atoms with Crippen molar-refractivity contribution in [3.63, 3.8) is 0 Å². The Kier molecular flexibility index (Phi) is 8.13. The fourth-order valence-corrected chi connectivity index (χ4v) is 2.71. The molecule has 0 aliphatic rings. The second kappa shape index (κ2) is 10.2. The smallest absolute Gasteiger partial charge is 0.428 e. The molecular formula is C20H20F7NO3. The van der Waals surface area contributed by atoms with Gasteiger partial charge in [-0.3, -0.25) is 0 Å². The number of rotatable bonds is 10. The number of methoxy groups -OCH3 is 1. The Hall–Kier alpha value is -2.53. The third-order valence-electron chi connectivity index (χ3n) is 4.14. The zero-order valence-corrected chi connectivity index (χ0v) is 16.3. The minimum atomic E-state index is -4.88. The van der Waals surface area contributed by atoms with Crippen molar-refractivity contribution in [3.05, 3.63) is 59.7 Å². The van der Waals surface area contributed by atoms with Gasteiger partial charge in [0.1, 0.15) is 5.75 Å². The lowest BCUT2D eigenvalue weighted by molar-refractivity contribution is -0.253. The maximum absolute atomic E-state index is 13.2. The van der Waals surface area contributed by atoms with E-state index in [2.05, 4.69) is 4.74 Å². The summed E-state index contributed by atoms with van der Waals surface area (Å²) in [6.07, 6.45) is -16.3. The van der Waals surface area contributed by atoms with Gasteiger partial charge < -0.3 is 19.5 Å². The van der Waals surface area contributed by atoms with Gasteiger partial charge in [-0.1, -0.05) is 24.3 Å². The van der Waals surface area contributed by atoms with Crippen LogP contribution in [0.3, 0.4) is 0 Å². The van der Waals surface area contributed by atoms with Gasteiger partial charge in [0.15, 0.2) is 6.10 Å². The Morgan fingerprint density at radius 3 is 2.23 bits per heavy atom. The molecule has 0 saturated heterocycles. The molecule has 1 unspecified atom stereocenters. The molecule has 0 aliphatic carbocycles. The molecule has 0 aromatic heterocycles. The Morgan fingerprint density at radius 2 is 1.61 bits per heavy atom. The molecule has 0 aliphatic heterocycles. The maximum atomic E-state index is 13.2. The van der Waals surface area contributed by atoms with Gasteiger partial charge in [0.25, 0.3) is 0 Å². The number of nitrogens with zero attached hydrogens (tertiary/aromatic N) is 1. The van der Waals surface area contributed by atoms with E-state index in [0.29, 0.717) is 11.3 Å². The highest BCUT2D eigenvalue weighted by Crippen LogP contribution is 2.29. The quantitative estimate of drug-likeness (QED) is 0.512. The summed E-state index contributed by atoms with van der Waals surface area (Å²) in [5.41, 5.74) is 1.16. The summed E-state index contributed by atoms with van der Waals surface area (Å²) >= 11 is 0. The van der Waals surface area contributed by atoms with E-state index < -0.39 is 37.1 Å². The van der Waals surface area contributed by atoms with Gasteiger partial charge in [-0.2, -0.15) is 30.7 Å². The van der Waals surface area contributed by atoms with Crippen LogP contribution in [0.1, 0.15) is 11.1 Å². The normalized spacial score (nSPS) is 13.4. The number of anilines is 1. The van der Waals surface area contributed by atoms with E-state index in [-0.39, 0.29) is 18.7 Å². The molecule has 0 fully saturated rings. The number of ether oxygens (including phenoxy) is 2. The first-order valence-electron chi connectivity index (χ1n) is 8.94. The Bertz CT molecular complexity index is 846. The summed E-state index contributed by atoms with van der Waals surface area (Å²) in [6, 6.07) is 11.0. The van der Waals surface area contributed by atoms with Gasteiger partial charge in [-0.05, 0) is 35.4 Å². The van der Waals surface area contributed by atoms with Crippen LogP contribution in [0.15, 0.2) is 48.5 Å². The molecule has 0 bridgehead atoms. The minimum absolute atomic E-state index is 0.190. The number of aliphatic hydroxyl groups excluding tert-OH is 1. The lowest BCUT2D eigenvalue weighted by atomic mass is 10.1. The predicted octanol–water partition coefficient (Wildman–Crippen LogP) is 5.00. The molecule has 1 atom stereocenters. The number of benzene rings is 2. The fourth-order valence-electron chi connectivity index (χ4n) is 2.71. The summed E-state index contributed by atoms with van der Waals surface area (Å²) in [6.45, 7) is -0.908. The molecule has 0 amide bonds. The van der Waals surface area contributed by atoms with Crippen LogP contribution in [-0.4, -0.2) is 43.6 Å². The minimum Gasteiger partial charge on any atom is -0.428 e. The highest BCUT2D eigenvalue weighted by atomic mass is 19.4. The summed E-state index contributed by atoms with van der Waals surface area (Å²) < 4.78 is 98.8. The van der Waals surface area contributed by atoms with Crippen LogP contribution in [0.25, 0.3) is 0 Å². The number of halogens is 7. The SMILES string of the molecule is COCc1cccc(N(Cc2cccc(OC(F)(F)C(F)F)c2)CC(O)C(F)(F)F)c1. The molecule has 0 saturated carbocycles. The molecule has 4 nitrogen and oxygen atoms in total. The van der Waals surface area contributed by atoms with Gasteiger partial charge in [0.05, 0.1) is 13.2 Å². The number of alkyl halides is 7. The van der Waals surface area contributed by atoms with Gasteiger partial charge in [-0.25, -0.2) is 0 Å². The molecule has 11 heteroatoms. The second-order valence-corrected chi connectivity index (χ2v) is 6.65. The number of hydrogen-bond donors (Lipinski definition) is 1. The molecule has 0 heterocycles. The molecule has 2 aromatic carbocycles. The lowest BCUT2D eigenvalue weighted by Crippen LogP contribution is -2.41. The van der Waals surface area contributed by atoms with Crippen LogP contribution in [0.5, 0.6) is 5.75 Å². The second-order valence-electron chi connectivity index (χ2n) is 6.65. The molecule has 2 rings (SSSR count). The van der Waals surface area contributed by atoms with Gasteiger partial charge >= 0.3 is 18.7 Å². The zero-order chi connectivity index (χ0) is 23.2. The van der Waals surface area contributed by atoms with E-state index in [1.54, 1.807) is 18.2 Å². The number of aliphatic hydroxyl groups is 1. The largest absolute Gasteiger partial charge is 0.461 e. The van der Waals surface area contributed by atoms with Crippen molar-refractivity contribution >= 4 is 5.69 Å².